The normalized spacial score (nSPS) is 17.7. The summed E-state index contributed by atoms with van der Waals surface area (Å²) in [5.74, 6) is 0.394. The summed E-state index contributed by atoms with van der Waals surface area (Å²) in [5.41, 5.74) is 12.5. The molecule has 12 rings (SSSR count). The molecule has 0 N–H and O–H groups in total. The lowest BCUT2D eigenvalue weighted by atomic mass is 9.90. The Hall–Kier alpha value is -6.97. The van der Waals surface area contributed by atoms with Gasteiger partial charge in [-0.15, -0.1) is 0 Å². The second-order valence-corrected chi connectivity index (χ2v) is 16.6. The van der Waals surface area contributed by atoms with Gasteiger partial charge in [-0.2, -0.15) is 0 Å². The summed E-state index contributed by atoms with van der Waals surface area (Å²) in [5, 5.41) is 12.5. The van der Waals surface area contributed by atoms with Crippen LogP contribution in [0.25, 0.3) is 87.3 Å². The van der Waals surface area contributed by atoms with E-state index in [-0.39, 0.29) is 5.54 Å². The highest BCUT2D eigenvalue weighted by Gasteiger charge is 2.54. The predicted molar refractivity (Wildman–Crippen MR) is 250 cm³/mol. The minimum absolute atomic E-state index is 0.345. The van der Waals surface area contributed by atoms with Crippen molar-refractivity contribution in [2.75, 3.05) is 0 Å². The van der Waals surface area contributed by atoms with Crippen LogP contribution in [0.3, 0.4) is 0 Å². The molecule has 2 unspecified atom stereocenters. The van der Waals surface area contributed by atoms with Gasteiger partial charge in [0, 0.05) is 32.3 Å². The standard InChI is InChI=1S/C56H42N2O/c1-4-38(35(3)36-17-7-5-8-18-36)55(37-19-9-6-10-20-37)57-56(33-34(56)2)45-30-32-47(40-22-12-11-21-39(40)45)58-46-26-14-13-23-43(46)52-48(58)31-29-42-41-24-15-27-49-53(41)54-44(51(42)52)25-16-28-50(54)59-49/h5-32,34H,4,33H2,1-3H3. The lowest BCUT2D eigenvalue weighted by Crippen LogP contribution is -2.15. The van der Waals surface area contributed by atoms with Gasteiger partial charge >= 0.3 is 0 Å². The first-order chi connectivity index (χ1) is 29.1. The van der Waals surface area contributed by atoms with Crippen LogP contribution in [0.15, 0.2) is 185 Å². The Balaban J connectivity index is 1.11. The number of hydrogen-bond acceptors (Lipinski definition) is 2. The number of rotatable bonds is 7. The van der Waals surface area contributed by atoms with Gasteiger partial charge < -0.3 is 8.98 Å². The molecule has 1 fully saturated rings. The number of para-hydroxylation sites is 1. The molecule has 9 aromatic carbocycles. The maximum absolute atomic E-state index is 6.44. The van der Waals surface area contributed by atoms with Gasteiger partial charge in [-0.1, -0.05) is 153 Å². The van der Waals surface area contributed by atoms with E-state index in [1.807, 2.05) is 0 Å². The van der Waals surface area contributed by atoms with Crippen LogP contribution >= 0.6 is 0 Å². The average Bonchev–Trinajstić information content (AvgIpc) is 3.60. The first kappa shape index (κ1) is 34.1. The van der Waals surface area contributed by atoms with E-state index in [0.717, 1.165) is 29.7 Å². The van der Waals surface area contributed by atoms with E-state index < -0.39 is 0 Å². The first-order valence-electron chi connectivity index (χ1n) is 21.0. The molecule has 1 aliphatic rings. The molecule has 0 spiro atoms. The van der Waals surface area contributed by atoms with Crippen molar-refractivity contribution in [1.29, 1.82) is 0 Å². The Morgan fingerprint density at radius 1 is 0.559 bits per heavy atom. The molecule has 0 aliphatic heterocycles. The van der Waals surface area contributed by atoms with Crippen LogP contribution in [0, 0.1) is 5.92 Å². The summed E-state index contributed by atoms with van der Waals surface area (Å²) in [6.45, 7) is 6.90. The minimum atomic E-state index is -0.345. The Labute approximate surface area is 342 Å². The van der Waals surface area contributed by atoms with Crippen molar-refractivity contribution >= 4 is 87.3 Å². The van der Waals surface area contributed by atoms with Crippen LogP contribution in [0.4, 0.5) is 0 Å². The largest absolute Gasteiger partial charge is 0.456 e. The topological polar surface area (TPSA) is 30.4 Å². The quantitative estimate of drug-likeness (QED) is 0.118. The molecule has 1 saturated carbocycles. The number of allylic oxidation sites excluding steroid dienone is 2. The van der Waals surface area contributed by atoms with Crippen molar-refractivity contribution in [3.8, 4) is 5.69 Å². The number of aliphatic imine (C=N–C) groups is 1. The third kappa shape index (κ3) is 4.85. The molecule has 282 valence electrons. The van der Waals surface area contributed by atoms with E-state index in [1.54, 1.807) is 0 Å². The van der Waals surface area contributed by atoms with E-state index in [4.69, 9.17) is 9.41 Å². The number of aromatic nitrogens is 1. The Morgan fingerprint density at radius 2 is 1.15 bits per heavy atom. The van der Waals surface area contributed by atoms with E-state index >= 15 is 0 Å². The van der Waals surface area contributed by atoms with Gasteiger partial charge in [0.15, 0.2) is 0 Å². The van der Waals surface area contributed by atoms with Crippen molar-refractivity contribution in [1.82, 2.24) is 4.57 Å². The molecule has 0 radical (unpaired) electrons. The highest BCUT2D eigenvalue weighted by atomic mass is 16.3. The zero-order valence-electron chi connectivity index (χ0n) is 33.5. The van der Waals surface area contributed by atoms with E-state index in [0.29, 0.717) is 5.92 Å². The van der Waals surface area contributed by atoms with Gasteiger partial charge in [0.05, 0.1) is 28.0 Å². The first-order valence-corrected chi connectivity index (χ1v) is 21.0. The van der Waals surface area contributed by atoms with Crippen LogP contribution in [0.5, 0.6) is 0 Å². The van der Waals surface area contributed by atoms with Crippen molar-refractivity contribution in [3.05, 3.63) is 192 Å². The summed E-state index contributed by atoms with van der Waals surface area (Å²) < 4.78 is 8.95. The van der Waals surface area contributed by atoms with Gasteiger partial charge in [0.1, 0.15) is 11.2 Å². The molecule has 3 nitrogen and oxygen atoms in total. The number of fused-ring (bicyclic) bond motifs is 8. The Morgan fingerprint density at radius 3 is 1.86 bits per heavy atom. The fourth-order valence-corrected chi connectivity index (χ4v) is 10.6. The highest BCUT2D eigenvalue weighted by Crippen LogP contribution is 2.58. The van der Waals surface area contributed by atoms with Crippen LogP contribution < -0.4 is 0 Å². The van der Waals surface area contributed by atoms with Gasteiger partial charge in [0.25, 0.3) is 0 Å². The summed E-state index contributed by atoms with van der Waals surface area (Å²) in [4.78, 5) is 5.94. The summed E-state index contributed by atoms with van der Waals surface area (Å²) in [6, 6.07) is 62.0. The third-order valence-corrected chi connectivity index (χ3v) is 13.5. The summed E-state index contributed by atoms with van der Waals surface area (Å²) in [6.07, 6.45) is 1.89. The van der Waals surface area contributed by atoms with E-state index in [9.17, 15) is 0 Å². The molecule has 11 aromatic rings. The summed E-state index contributed by atoms with van der Waals surface area (Å²) in [7, 11) is 0. The minimum Gasteiger partial charge on any atom is -0.456 e. The zero-order chi connectivity index (χ0) is 39.4. The zero-order valence-corrected chi connectivity index (χ0v) is 33.5. The monoisotopic (exact) mass is 758 g/mol. The molecule has 2 heterocycles. The average molecular weight is 759 g/mol. The number of hydrogen-bond donors (Lipinski definition) is 0. The maximum atomic E-state index is 6.44. The van der Waals surface area contributed by atoms with Gasteiger partial charge in [-0.25, -0.2) is 0 Å². The Kier molecular flexibility index (Phi) is 7.38. The molecule has 2 aromatic heterocycles. The smallest absolute Gasteiger partial charge is 0.136 e. The number of furan rings is 1. The predicted octanol–water partition coefficient (Wildman–Crippen LogP) is 15.2. The number of nitrogens with zero attached hydrogens (tertiary/aromatic N) is 2. The highest BCUT2D eigenvalue weighted by molar-refractivity contribution is 6.39. The third-order valence-electron chi connectivity index (χ3n) is 13.5. The summed E-state index contributed by atoms with van der Waals surface area (Å²) >= 11 is 0. The second-order valence-electron chi connectivity index (χ2n) is 16.6. The van der Waals surface area contributed by atoms with Crippen LogP contribution in [0.2, 0.25) is 0 Å². The van der Waals surface area contributed by atoms with Gasteiger partial charge in [0.2, 0.25) is 0 Å². The molecule has 1 aliphatic carbocycles. The van der Waals surface area contributed by atoms with Crippen molar-refractivity contribution in [2.24, 2.45) is 10.9 Å². The molecule has 0 bridgehead atoms. The van der Waals surface area contributed by atoms with Crippen molar-refractivity contribution < 1.29 is 4.42 Å². The van der Waals surface area contributed by atoms with Crippen LogP contribution in [-0.2, 0) is 5.54 Å². The van der Waals surface area contributed by atoms with Crippen LogP contribution in [0.1, 0.15) is 50.3 Å². The molecule has 2 atom stereocenters. The lowest BCUT2D eigenvalue weighted by molar-refractivity contribution is 0.669. The van der Waals surface area contributed by atoms with Crippen LogP contribution in [-0.4, -0.2) is 10.3 Å². The number of benzene rings is 9. The van der Waals surface area contributed by atoms with Crippen molar-refractivity contribution in [2.45, 2.75) is 39.2 Å². The van der Waals surface area contributed by atoms with Crippen molar-refractivity contribution in [3.63, 3.8) is 0 Å². The fraction of sp³-hybridized carbons (Fsp3) is 0.125. The Bertz CT molecular complexity index is 3530. The van der Waals surface area contributed by atoms with E-state index in [1.165, 1.54) is 98.4 Å². The molecule has 59 heavy (non-hydrogen) atoms. The fourth-order valence-electron chi connectivity index (χ4n) is 10.6. The molecular weight excluding hydrogens is 717 g/mol. The second kappa shape index (κ2) is 12.8. The SMILES string of the molecule is CCC(C(=NC1(c2ccc(-n3c4ccccc4c4c5c(ccc43)c3cccc4oc6cccc5c6c43)c3ccccc23)CC1C)c1ccccc1)=C(C)c1ccccc1. The lowest BCUT2D eigenvalue weighted by Gasteiger charge is -2.22. The van der Waals surface area contributed by atoms with Gasteiger partial charge in [-0.05, 0) is 105 Å². The van der Waals surface area contributed by atoms with Gasteiger partial charge in [-0.3, -0.25) is 4.99 Å². The van der Waals surface area contributed by atoms with E-state index in [2.05, 4.69) is 195 Å². The molecule has 3 heteroatoms. The maximum Gasteiger partial charge on any atom is 0.136 e. The molecule has 0 saturated heterocycles. The molecule has 0 amide bonds. The molecular formula is C56H42N2O.